The van der Waals surface area contributed by atoms with Gasteiger partial charge in [0.15, 0.2) is 17.2 Å². The highest BCUT2D eigenvalue weighted by atomic mass is 15.0. The lowest BCUT2D eigenvalue weighted by molar-refractivity contribution is 1.16. The van der Waals surface area contributed by atoms with Crippen molar-refractivity contribution in [2.24, 2.45) is 0 Å². The summed E-state index contributed by atoms with van der Waals surface area (Å²) < 4.78 is 6.99. The van der Waals surface area contributed by atoms with Gasteiger partial charge in [0.2, 0.25) is 0 Å². The van der Waals surface area contributed by atoms with Crippen LogP contribution in [0.2, 0.25) is 0 Å². The molecule has 15 aromatic rings. The van der Waals surface area contributed by atoms with Gasteiger partial charge in [0.1, 0.15) is 0 Å². The van der Waals surface area contributed by atoms with Gasteiger partial charge < -0.3 is 13.7 Å². The first kappa shape index (κ1) is 48.0. The summed E-state index contributed by atoms with van der Waals surface area (Å²) in [4.78, 5) is 17.4. The second-order valence-corrected chi connectivity index (χ2v) is 20.6. The van der Waals surface area contributed by atoms with E-state index in [1.54, 1.807) is 24.3 Å². The van der Waals surface area contributed by atoms with Crippen LogP contribution in [0, 0.1) is 35.8 Å². The highest BCUT2D eigenvalue weighted by Gasteiger charge is 2.20. The van der Waals surface area contributed by atoms with Crippen molar-refractivity contribution in [3.05, 3.63) is 283 Å². The molecule has 9 heteroatoms. The number of hydrogen-bond donors (Lipinski definition) is 0. The summed E-state index contributed by atoms with van der Waals surface area (Å²) in [5.41, 5.74) is 20.2. The van der Waals surface area contributed by atoms with Crippen LogP contribution in [0.5, 0.6) is 0 Å². The quantitative estimate of drug-likeness (QED) is 0.142. The minimum absolute atomic E-state index is 0.543. The number of nitrogens with zero attached hydrogens (tertiary/aromatic N) is 9. The van der Waals surface area contributed by atoms with Crippen molar-refractivity contribution in [2.45, 2.75) is 0 Å². The van der Waals surface area contributed by atoms with Crippen LogP contribution >= 0.6 is 0 Å². The lowest BCUT2D eigenvalue weighted by atomic mass is 9.98. The molecule has 0 fully saturated rings. The Labute approximate surface area is 476 Å². The summed E-state index contributed by atoms with van der Waals surface area (Å²) >= 11 is 0. The molecule has 0 N–H and O–H groups in total. The molecule has 83 heavy (non-hydrogen) atoms. The van der Waals surface area contributed by atoms with Gasteiger partial charge in [-0.05, 0) is 160 Å². The second kappa shape index (κ2) is 19.3. The third kappa shape index (κ3) is 8.05. The summed E-state index contributed by atoms with van der Waals surface area (Å²) in [5.74, 6) is 0.543. The minimum Gasteiger partial charge on any atom is -0.309 e. The second-order valence-electron chi connectivity index (χ2n) is 20.6. The van der Waals surface area contributed by atoms with E-state index >= 15 is 0 Å². The minimum atomic E-state index is 0.543. The molecule has 0 aliphatic heterocycles. The fraction of sp³-hybridized carbons (Fsp3) is 0. The zero-order chi connectivity index (χ0) is 55.7. The van der Waals surface area contributed by atoms with E-state index in [1.807, 2.05) is 66.7 Å². The first-order valence-corrected chi connectivity index (χ1v) is 27.0. The molecule has 15 rings (SSSR count). The lowest BCUT2D eigenvalue weighted by Gasteiger charge is -2.12. The summed E-state index contributed by atoms with van der Waals surface area (Å²) in [6.45, 7) is 15.6. The van der Waals surface area contributed by atoms with Gasteiger partial charge >= 0.3 is 0 Å². The standard InChI is InChI=1S/C74H41N9/c1-77-55-29-35-70-62(39-55)63-40-56(78-2)30-36-71(63)83(70)59-34-38-73-65(42-59)64-41-58(82-68-9-5-3-7-60(68)61-8-4-6-10-69(61)82)33-37-72(64)81(73)57-31-27-51(28-32-57)49-21-19-48(20-22-49)50-23-25-53(26-24-50)67-43-66(52-15-11-46(44-75)12-16-52)79-74(80-67)54-17-13-47(45-76)14-18-54/h3-43H. The van der Waals surface area contributed by atoms with E-state index in [1.165, 1.54) is 10.8 Å². The van der Waals surface area contributed by atoms with E-state index in [0.29, 0.717) is 28.3 Å². The van der Waals surface area contributed by atoms with Gasteiger partial charge in [-0.3, -0.25) is 0 Å². The zero-order valence-electron chi connectivity index (χ0n) is 44.2. The molecule has 9 nitrogen and oxygen atoms in total. The van der Waals surface area contributed by atoms with Gasteiger partial charge in [-0.15, -0.1) is 0 Å². The summed E-state index contributed by atoms with van der Waals surface area (Å²) in [6.07, 6.45) is 0. The fourth-order valence-electron chi connectivity index (χ4n) is 11.9. The molecule has 0 amide bonds. The average molecular weight is 1060 g/mol. The van der Waals surface area contributed by atoms with Crippen LogP contribution in [0.3, 0.4) is 0 Å². The Balaban J connectivity index is 0.788. The number of rotatable bonds is 8. The fourth-order valence-corrected chi connectivity index (χ4v) is 11.9. The van der Waals surface area contributed by atoms with E-state index in [9.17, 15) is 10.5 Å². The molecule has 0 bridgehead atoms. The molecule has 0 radical (unpaired) electrons. The highest BCUT2D eigenvalue weighted by molar-refractivity contribution is 6.15. The number of hydrogen-bond acceptors (Lipinski definition) is 4. The van der Waals surface area contributed by atoms with Crippen LogP contribution in [0.25, 0.3) is 148 Å². The molecule has 0 saturated carbocycles. The molecular formula is C74H41N9. The van der Waals surface area contributed by atoms with E-state index < -0.39 is 0 Å². The van der Waals surface area contributed by atoms with E-state index in [0.717, 1.165) is 122 Å². The van der Waals surface area contributed by atoms with Crippen LogP contribution in [0.15, 0.2) is 249 Å². The van der Waals surface area contributed by atoms with Crippen molar-refractivity contribution < 1.29 is 0 Å². The smallest absolute Gasteiger partial charge is 0.188 e. The SMILES string of the molecule is [C-]#[N+]c1ccc2c(c1)c1cc([N+]#[C-])ccc1n2-c1ccc2c(c1)c1cc(-n3c4ccccc4c4ccccc43)ccc1n2-c1ccc(-c2ccc(-c3ccc(-c4cc(-c5ccc(C#N)cc5)nc(-c5ccc(C#N)cc5)n4)cc3)cc2)cc1. The van der Waals surface area contributed by atoms with Crippen molar-refractivity contribution in [1.82, 2.24) is 23.7 Å². The largest absolute Gasteiger partial charge is 0.309 e. The number of nitriles is 2. The molecule has 0 aliphatic rings. The van der Waals surface area contributed by atoms with Crippen LogP contribution in [0.1, 0.15) is 11.1 Å². The maximum Gasteiger partial charge on any atom is 0.188 e. The van der Waals surface area contributed by atoms with Gasteiger partial charge in [0.05, 0.1) is 80.9 Å². The predicted molar refractivity (Wildman–Crippen MR) is 334 cm³/mol. The van der Waals surface area contributed by atoms with E-state index in [2.05, 4.69) is 193 Å². The molecule has 0 saturated heterocycles. The van der Waals surface area contributed by atoms with Gasteiger partial charge in [-0.25, -0.2) is 19.7 Å². The Morgan fingerprint density at radius 1 is 0.301 bits per heavy atom. The summed E-state index contributed by atoms with van der Waals surface area (Å²) in [7, 11) is 0. The molecule has 0 spiro atoms. The number of para-hydroxylation sites is 2. The van der Waals surface area contributed by atoms with Gasteiger partial charge in [0.25, 0.3) is 0 Å². The summed E-state index contributed by atoms with van der Waals surface area (Å²) in [5, 5.41) is 25.3. The zero-order valence-corrected chi connectivity index (χ0v) is 44.2. The Morgan fingerprint density at radius 2 is 0.627 bits per heavy atom. The van der Waals surface area contributed by atoms with Gasteiger partial charge in [-0.1, -0.05) is 121 Å². The third-order valence-corrected chi connectivity index (χ3v) is 16.0. The summed E-state index contributed by atoms with van der Waals surface area (Å²) in [6, 6.07) is 89.3. The maximum atomic E-state index is 9.43. The number of fused-ring (bicyclic) bond motifs is 9. The first-order chi connectivity index (χ1) is 40.9. The van der Waals surface area contributed by atoms with Crippen LogP contribution in [-0.2, 0) is 0 Å². The molecule has 4 aromatic heterocycles. The van der Waals surface area contributed by atoms with Crippen LogP contribution in [-0.4, -0.2) is 23.7 Å². The van der Waals surface area contributed by atoms with Crippen molar-refractivity contribution >= 4 is 76.8 Å². The van der Waals surface area contributed by atoms with Crippen molar-refractivity contribution in [3.8, 4) is 85.4 Å². The van der Waals surface area contributed by atoms with Crippen LogP contribution in [0.4, 0.5) is 11.4 Å². The monoisotopic (exact) mass is 1060 g/mol. The average Bonchev–Trinajstić information content (AvgIpc) is 4.37. The Morgan fingerprint density at radius 3 is 1.05 bits per heavy atom. The van der Waals surface area contributed by atoms with Crippen molar-refractivity contribution in [2.75, 3.05) is 0 Å². The third-order valence-electron chi connectivity index (χ3n) is 16.0. The molecule has 0 unspecified atom stereocenters. The van der Waals surface area contributed by atoms with Crippen LogP contribution < -0.4 is 0 Å². The normalized spacial score (nSPS) is 11.3. The Hall–Kier alpha value is -12.1. The number of aromatic nitrogens is 5. The maximum absolute atomic E-state index is 9.43. The topological polar surface area (TPSA) is 96.9 Å². The molecule has 0 atom stereocenters. The Bertz CT molecular complexity index is 5130. The Kier molecular flexibility index (Phi) is 11.2. The number of benzene rings is 11. The van der Waals surface area contributed by atoms with Crippen molar-refractivity contribution in [1.29, 1.82) is 10.5 Å². The highest BCUT2D eigenvalue weighted by Crippen LogP contribution is 2.42. The molecule has 4 heterocycles. The van der Waals surface area contributed by atoms with Gasteiger partial charge in [0, 0.05) is 55.3 Å². The van der Waals surface area contributed by atoms with E-state index in [4.69, 9.17) is 23.1 Å². The first-order valence-electron chi connectivity index (χ1n) is 27.0. The van der Waals surface area contributed by atoms with E-state index in [-0.39, 0.29) is 0 Å². The molecular weight excluding hydrogens is 1010 g/mol. The van der Waals surface area contributed by atoms with Crippen molar-refractivity contribution in [3.63, 3.8) is 0 Å². The van der Waals surface area contributed by atoms with Gasteiger partial charge in [-0.2, -0.15) is 10.5 Å². The lowest BCUT2D eigenvalue weighted by Crippen LogP contribution is -1.96. The predicted octanol–water partition coefficient (Wildman–Crippen LogP) is 18.9. The molecule has 11 aromatic carbocycles. The molecule has 382 valence electrons. The molecule has 0 aliphatic carbocycles.